The van der Waals surface area contributed by atoms with Crippen LogP contribution in [0.4, 0.5) is 8.78 Å². The predicted molar refractivity (Wildman–Crippen MR) is 125 cm³/mol. The van der Waals surface area contributed by atoms with E-state index in [0.717, 1.165) is 36.7 Å². The highest BCUT2D eigenvalue weighted by Gasteiger charge is 2.23. The number of benzene rings is 2. The molecule has 0 saturated heterocycles. The van der Waals surface area contributed by atoms with E-state index in [2.05, 4.69) is 4.98 Å². The van der Waals surface area contributed by atoms with Crippen molar-refractivity contribution >= 4 is 22.6 Å². The molecule has 4 nitrogen and oxygen atoms in total. The number of imidazole rings is 1. The molecular formula is C26H24ClF2N3O. The molecule has 0 aliphatic heterocycles. The molecule has 33 heavy (non-hydrogen) atoms. The first kappa shape index (κ1) is 21.8. The van der Waals surface area contributed by atoms with Crippen molar-refractivity contribution in [2.24, 2.45) is 5.92 Å². The second-order valence-corrected chi connectivity index (χ2v) is 8.94. The van der Waals surface area contributed by atoms with Crippen molar-refractivity contribution in [1.29, 1.82) is 0 Å². The smallest absolute Gasteiger partial charge is 0.238 e. The van der Waals surface area contributed by atoms with Crippen LogP contribution >= 0.6 is 11.6 Å². The number of hydrogen-bond donors (Lipinski definition) is 0. The highest BCUT2D eigenvalue weighted by atomic mass is 35.5. The standard InChI is InChI=1S/C26H24ClF2N3O/c27-19-10-5-4-9-18(19)16-33-26-23(11-6-12-30-26)32-24-15-21(29)20(28)14-22(24)31-25(32)13-17-7-2-1-3-8-17/h4-6,9-12,14-15,17H,1-3,7-8,13,16H2. The molecule has 0 amide bonds. The number of pyridine rings is 1. The lowest BCUT2D eigenvalue weighted by molar-refractivity contribution is 0.292. The molecule has 1 aliphatic carbocycles. The van der Waals surface area contributed by atoms with Crippen LogP contribution in [0.5, 0.6) is 5.88 Å². The van der Waals surface area contributed by atoms with Gasteiger partial charge in [-0.2, -0.15) is 0 Å². The molecule has 1 fully saturated rings. The number of ether oxygens (including phenoxy) is 1. The van der Waals surface area contributed by atoms with Gasteiger partial charge in [-0.15, -0.1) is 0 Å². The molecular weight excluding hydrogens is 444 g/mol. The second-order valence-electron chi connectivity index (χ2n) is 8.53. The summed E-state index contributed by atoms with van der Waals surface area (Å²) < 4.78 is 36.2. The third kappa shape index (κ3) is 4.58. The summed E-state index contributed by atoms with van der Waals surface area (Å²) in [5.74, 6) is -0.176. The van der Waals surface area contributed by atoms with E-state index in [-0.39, 0.29) is 6.61 Å². The molecule has 0 atom stereocenters. The lowest BCUT2D eigenvalue weighted by Gasteiger charge is -2.22. The van der Waals surface area contributed by atoms with Crippen LogP contribution in [0.15, 0.2) is 54.7 Å². The fourth-order valence-corrected chi connectivity index (χ4v) is 4.79. The Kier molecular flexibility index (Phi) is 6.27. The molecule has 0 unspecified atom stereocenters. The molecule has 2 aromatic carbocycles. The monoisotopic (exact) mass is 467 g/mol. The first-order chi connectivity index (χ1) is 16.1. The van der Waals surface area contributed by atoms with Crippen LogP contribution < -0.4 is 4.74 Å². The van der Waals surface area contributed by atoms with Crippen molar-refractivity contribution in [2.75, 3.05) is 0 Å². The highest BCUT2D eigenvalue weighted by molar-refractivity contribution is 6.31. The highest BCUT2D eigenvalue weighted by Crippen LogP contribution is 2.33. The average Bonchev–Trinajstić information content (AvgIpc) is 3.16. The summed E-state index contributed by atoms with van der Waals surface area (Å²) >= 11 is 6.28. The Hall–Kier alpha value is -2.99. The van der Waals surface area contributed by atoms with Gasteiger partial charge < -0.3 is 4.74 Å². The summed E-state index contributed by atoms with van der Waals surface area (Å²) in [6.45, 7) is 0.233. The Balaban J connectivity index is 1.57. The van der Waals surface area contributed by atoms with Crippen LogP contribution in [-0.2, 0) is 13.0 Å². The Morgan fingerprint density at radius 1 is 1.00 bits per heavy atom. The lowest BCUT2D eigenvalue weighted by Crippen LogP contribution is -2.13. The van der Waals surface area contributed by atoms with Crippen molar-refractivity contribution < 1.29 is 13.5 Å². The van der Waals surface area contributed by atoms with Crippen molar-refractivity contribution in [3.63, 3.8) is 0 Å². The lowest BCUT2D eigenvalue weighted by atomic mass is 9.87. The molecule has 0 N–H and O–H groups in total. The van der Waals surface area contributed by atoms with E-state index in [1.54, 1.807) is 12.3 Å². The third-order valence-electron chi connectivity index (χ3n) is 6.28. The second kappa shape index (κ2) is 9.48. The SMILES string of the molecule is Fc1cc2nc(CC3CCCCC3)n(-c3cccnc3OCc3ccccc3Cl)c2cc1F. The number of rotatable bonds is 6. The number of fused-ring (bicyclic) bond motifs is 1. The molecule has 170 valence electrons. The third-order valence-corrected chi connectivity index (χ3v) is 6.64. The Morgan fingerprint density at radius 3 is 2.61 bits per heavy atom. The maximum absolute atomic E-state index is 14.2. The van der Waals surface area contributed by atoms with Gasteiger partial charge in [0.1, 0.15) is 18.1 Å². The maximum atomic E-state index is 14.2. The summed E-state index contributed by atoms with van der Waals surface area (Å²) in [5, 5.41) is 0.610. The Labute approximate surface area is 196 Å². The number of hydrogen-bond acceptors (Lipinski definition) is 3. The molecule has 0 spiro atoms. The van der Waals surface area contributed by atoms with Crippen LogP contribution in [0, 0.1) is 17.6 Å². The summed E-state index contributed by atoms with van der Waals surface area (Å²) in [6, 6.07) is 13.5. The number of nitrogens with zero attached hydrogens (tertiary/aromatic N) is 3. The van der Waals surface area contributed by atoms with Gasteiger partial charge >= 0.3 is 0 Å². The Bertz CT molecular complexity index is 1280. The number of halogens is 3. The van der Waals surface area contributed by atoms with Gasteiger partial charge in [-0.3, -0.25) is 4.57 Å². The van der Waals surface area contributed by atoms with E-state index in [4.69, 9.17) is 21.3 Å². The predicted octanol–water partition coefficient (Wildman–Crippen LogP) is 7.05. The normalized spacial score (nSPS) is 14.6. The molecule has 0 radical (unpaired) electrons. The fourth-order valence-electron chi connectivity index (χ4n) is 4.60. The van der Waals surface area contributed by atoms with Crippen LogP contribution in [0.25, 0.3) is 16.7 Å². The first-order valence-electron chi connectivity index (χ1n) is 11.3. The maximum Gasteiger partial charge on any atom is 0.238 e. The average molecular weight is 468 g/mol. The quantitative estimate of drug-likeness (QED) is 0.305. The van der Waals surface area contributed by atoms with Crippen LogP contribution in [-0.4, -0.2) is 14.5 Å². The first-order valence-corrected chi connectivity index (χ1v) is 11.7. The van der Waals surface area contributed by atoms with Gasteiger partial charge in [0.15, 0.2) is 11.6 Å². The summed E-state index contributed by atoms with van der Waals surface area (Å²) in [6.07, 6.45) is 8.30. The molecule has 1 saturated carbocycles. The van der Waals surface area contributed by atoms with Gasteiger partial charge in [0.25, 0.3) is 0 Å². The van der Waals surface area contributed by atoms with Gasteiger partial charge in [0.2, 0.25) is 5.88 Å². The summed E-state index contributed by atoms with van der Waals surface area (Å²) in [4.78, 5) is 9.14. The van der Waals surface area contributed by atoms with Crippen molar-refractivity contribution in [2.45, 2.75) is 45.1 Å². The molecule has 1 aliphatic rings. The summed E-state index contributed by atoms with van der Waals surface area (Å²) in [7, 11) is 0. The van der Waals surface area contributed by atoms with Crippen molar-refractivity contribution in [3.8, 4) is 11.6 Å². The van der Waals surface area contributed by atoms with Crippen molar-refractivity contribution in [3.05, 3.63) is 82.8 Å². The van der Waals surface area contributed by atoms with Crippen molar-refractivity contribution in [1.82, 2.24) is 14.5 Å². The van der Waals surface area contributed by atoms with Gasteiger partial charge in [0, 0.05) is 35.3 Å². The molecule has 5 rings (SSSR count). The van der Waals surface area contributed by atoms with Gasteiger partial charge in [-0.1, -0.05) is 61.9 Å². The van der Waals surface area contributed by atoms with Crippen LogP contribution in [0.3, 0.4) is 0 Å². The van der Waals surface area contributed by atoms with E-state index in [1.807, 2.05) is 34.9 Å². The molecule has 4 aromatic rings. The van der Waals surface area contributed by atoms with E-state index in [0.29, 0.717) is 33.5 Å². The zero-order chi connectivity index (χ0) is 22.8. The van der Waals surface area contributed by atoms with E-state index in [1.165, 1.54) is 25.3 Å². The minimum atomic E-state index is -0.907. The number of aromatic nitrogens is 3. The molecule has 2 heterocycles. The fraction of sp³-hybridized carbons (Fsp3) is 0.308. The molecule has 7 heteroatoms. The van der Waals surface area contributed by atoms with E-state index < -0.39 is 11.6 Å². The summed E-state index contributed by atoms with van der Waals surface area (Å²) in [5.41, 5.74) is 2.39. The van der Waals surface area contributed by atoms with Gasteiger partial charge in [-0.05, 0) is 24.1 Å². The molecule has 2 aromatic heterocycles. The minimum absolute atomic E-state index is 0.233. The van der Waals surface area contributed by atoms with Crippen LogP contribution in [0.2, 0.25) is 5.02 Å². The van der Waals surface area contributed by atoms with Crippen LogP contribution in [0.1, 0.15) is 43.5 Å². The van der Waals surface area contributed by atoms with E-state index in [9.17, 15) is 8.78 Å². The topological polar surface area (TPSA) is 39.9 Å². The molecule has 0 bridgehead atoms. The van der Waals surface area contributed by atoms with E-state index >= 15 is 0 Å². The minimum Gasteiger partial charge on any atom is -0.471 e. The zero-order valence-electron chi connectivity index (χ0n) is 18.1. The van der Waals surface area contributed by atoms with Gasteiger partial charge in [0.05, 0.1) is 11.0 Å². The van der Waals surface area contributed by atoms with Gasteiger partial charge in [-0.25, -0.2) is 18.7 Å². The largest absolute Gasteiger partial charge is 0.471 e. The Morgan fingerprint density at radius 2 is 1.79 bits per heavy atom. The zero-order valence-corrected chi connectivity index (χ0v) is 18.9.